The van der Waals surface area contributed by atoms with Crippen molar-refractivity contribution in [3.8, 4) is 0 Å². The third kappa shape index (κ3) is 7.06. The second-order valence-corrected chi connectivity index (χ2v) is 7.35. The lowest BCUT2D eigenvalue weighted by Gasteiger charge is -2.16. The average molecular weight is 349 g/mol. The first-order valence-electron chi connectivity index (χ1n) is 6.32. The van der Waals surface area contributed by atoms with E-state index in [0.717, 1.165) is 17.3 Å². The van der Waals surface area contributed by atoms with E-state index < -0.39 is 10.2 Å². The third-order valence-electron chi connectivity index (χ3n) is 2.53. The molecule has 2 N–H and O–H groups in total. The van der Waals surface area contributed by atoms with Crippen LogP contribution in [0.3, 0.4) is 0 Å². The number of halogens is 1. The van der Waals surface area contributed by atoms with Crippen molar-refractivity contribution in [1.82, 2.24) is 9.44 Å². The quantitative estimate of drug-likeness (QED) is 0.795. The average Bonchev–Trinajstić information content (AvgIpc) is 2.25. The molecule has 0 fully saturated rings. The molecule has 1 atom stereocenters. The van der Waals surface area contributed by atoms with Gasteiger partial charge in [0, 0.05) is 16.6 Å². The molecular formula is C13H21BrN2O2S. The minimum absolute atomic E-state index is 0.0973. The fourth-order valence-electron chi connectivity index (χ4n) is 1.70. The first-order chi connectivity index (χ1) is 8.78. The van der Waals surface area contributed by atoms with Gasteiger partial charge in [-0.05, 0) is 51.3 Å². The molecule has 0 aliphatic carbocycles. The van der Waals surface area contributed by atoms with Crippen LogP contribution in [0.5, 0.6) is 0 Å². The Morgan fingerprint density at radius 3 is 2.21 bits per heavy atom. The van der Waals surface area contributed by atoms with E-state index in [1.54, 1.807) is 13.8 Å². The van der Waals surface area contributed by atoms with Gasteiger partial charge in [-0.2, -0.15) is 17.9 Å². The van der Waals surface area contributed by atoms with E-state index in [2.05, 4.69) is 25.4 Å². The molecule has 0 amide bonds. The summed E-state index contributed by atoms with van der Waals surface area (Å²) in [5.41, 5.74) is 1.20. The molecule has 4 nitrogen and oxygen atoms in total. The molecule has 108 valence electrons. The SMILES string of the molecule is CC(C)NS(=O)(=O)NC(C)CCc1ccc(Br)cc1. The van der Waals surface area contributed by atoms with Crippen LogP contribution in [-0.2, 0) is 16.6 Å². The van der Waals surface area contributed by atoms with Gasteiger partial charge in [-0.1, -0.05) is 28.1 Å². The number of nitrogens with one attached hydrogen (secondary N) is 2. The van der Waals surface area contributed by atoms with Crippen molar-refractivity contribution >= 4 is 26.1 Å². The summed E-state index contributed by atoms with van der Waals surface area (Å²) in [4.78, 5) is 0. The Kier molecular flexibility index (Phi) is 6.46. The Bertz CT molecular complexity index is 486. The number of benzene rings is 1. The number of hydrogen-bond acceptors (Lipinski definition) is 2. The van der Waals surface area contributed by atoms with Crippen LogP contribution < -0.4 is 9.44 Å². The van der Waals surface area contributed by atoms with Crippen molar-refractivity contribution in [2.24, 2.45) is 0 Å². The number of aryl methyl sites for hydroxylation is 1. The van der Waals surface area contributed by atoms with Crippen LogP contribution in [0.15, 0.2) is 28.7 Å². The summed E-state index contributed by atoms with van der Waals surface area (Å²) in [5.74, 6) is 0. The Hall–Kier alpha value is -0.430. The lowest BCUT2D eigenvalue weighted by molar-refractivity contribution is 0.526. The topological polar surface area (TPSA) is 58.2 Å². The molecule has 19 heavy (non-hydrogen) atoms. The summed E-state index contributed by atoms with van der Waals surface area (Å²) in [6.45, 7) is 5.47. The monoisotopic (exact) mass is 348 g/mol. The van der Waals surface area contributed by atoms with Crippen molar-refractivity contribution < 1.29 is 8.42 Å². The van der Waals surface area contributed by atoms with Crippen LogP contribution in [-0.4, -0.2) is 20.5 Å². The molecule has 0 saturated heterocycles. The fourth-order valence-corrected chi connectivity index (χ4v) is 3.30. The second-order valence-electron chi connectivity index (χ2n) is 4.96. The molecule has 0 spiro atoms. The maximum absolute atomic E-state index is 11.7. The van der Waals surface area contributed by atoms with Gasteiger partial charge in [0.05, 0.1) is 0 Å². The number of rotatable bonds is 7. The molecule has 0 aromatic heterocycles. The van der Waals surface area contributed by atoms with Crippen LogP contribution >= 0.6 is 15.9 Å². The molecule has 0 aliphatic heterocycles. The molecule has 1 unspecified atom stereocenters. The van der Waals surface area contributed by atoms with Crippen LogP contribution in [0.2, 0.25) is 0 Å². The summed E-state index contributed by atoms with van der Waals surface area (Å²) in [5, 5.41) is 0. The van der Waals surface area contributed by atoms with Crippen molar-refractivity contribution in [1.29, 1.82) is 0 Å². The first-order valence-corrected chi connectivity index (χ1v) is 8.60. The normalized spacial score (nSPS) is 13.7. The minimum Gasteiger partial charge on any atom is -0.200 e. The summed E-state index contributed by atoms with van der Waals surface area (Å²) in [6.07, 6.45) is 1.61. The maximum atomic E-state index is 11.7. The van der Waals surface area contributed by atoms with Gasteiger partial charge in [-0.15, -0.1) is 0 Å². The molecule has 0 heterocycles. The molecule has 1 rings (SSSR count). The highest BCUT2D eigenvalue weighted by Crippen LogP contribution is 2.12. The summed E-state index contributed by atoms with van der Waals surface area (Å²) in [7, 11) is -3.40. The van der Waals surface area contributed by atoms with Crippen molar-refractivity contribution in [2.45, 2.75) is 45.7 Å². The lowest BCUT2D eigenvalue weighted by Crippen LogP contribution is -2.44. The van der Waals surface area contributed by atoms with Gasteiger partial charge in [-0.25, -0.2) is 0 Å². The maximum Gasteiger partial charge on any atom is 0.277 e. The van der Waals surface area contributed by atoms with Gasteiger partial charge in [0.15, 0.2) is 0 Å². The molecule has 0 bridgehead atoms. The standard InChI is InChI=1S/C13H21BrN2O2S/c1-10(2)15-19(17,18)16-11(3)4-5-12-6-8-13(14)9-7-12/h6-11,15-16H,4-5H2,1-3H3. The Labute approximate surface area is 124 Å². The molecule has 1 aromatic rings. The largest absolute Gasteiger partial charge is 0.277 e. The number of hydrogen-bond donors (Lipinski definition) is 2. The van der Waals surface area contributed by atoms with Gasteiger partial charge in [0.1, 0.15) is 0 Å². The van der Waals surface area contributed by atoms with Crippen LogP contribution in [0.25, 0.3) is 0 Å². The summed E-state index contributed by atoms with van der Waals surface area (Å²) in [6, 6.07) is 7.86. The highest BCUT2D eigenvalue weighted by atomic mass is 79.9. The fraction of sp³-hybridized carbons (Fsp3) is 0.538. The molecular weight excluding hydrogens is 328 g/mol. The van der Waals surface area contributed by atoms with Gasteiger partial charge >= 0.3 is 0 Å². The smallest absolute Gasteiger partial charge is 0.200 e. The molecule has 6 heteroatoms. The van der Waals surface area contributed by atoms with E-state index in [4.69, 9.17) is 0 Å². The lowest BCUT2D eigenvalue weighted by atomic mass is 10.1. The minimum atomic E-state index is -3.40. The third-order valence-corrected chi connectivity index (χ3v) is 4.55. The summed E-state index contributed by atoms with van der Waals surface area (Å²) >= 11 is 3.39. The molecule has 0 aliphatic rings. The highest BCUT2D eigenvalue weighted by molar-refractivity contribution is 9.10. The highest BCUT2D eigenvalue weighted by Gasteiger charge is 2.14. The van der Waals surface area contributed by atoms with Gasteiger partial charge < -0.3 is 0 Å². The van der Waals surface area contributed by atoms with Crippen LogP contribution in [0.1, 0.15) is 32.8 Å². The van der Waals surface area contributed by atoms with E-state index in [1.165, 1.54) is 5.56 Å². The van der Waals surface area contributed by atoms with Crippen molar-refractivity contribution in [3.63, 3.8) is 0 Å². The summed E-state index contributed by atoms with van der Waals surface area (Å²) < 4.78 is 29.5. The first kappa shape index (κ1) is 16.6. The van der Waals surface area contributed by atoms with Crippen molar-refractivity contribution in [3.05, 3.63) is 34.3 Å². The second kappa shape index (κ2) is 7.38. The van der Waals surface area contributed by atoms with E-state index in [-0.39, 0.29) is 12.1 Å². The molecule has 1 aromatic carbocycles. The predicted octanol–water partition coefficient (Wildman–Crippen LogP) is 2.60. The molecule has 0 radical (unpaired) electrons. The van der Waals surface area contributed by atoms with Gasteiger partial charge in [0.2, 0.25) is 0 Å². The Morgan fingerprint density at radius 2 is 1.68 bits per heavy atom. The zero-order valence-electron chi connectivity index (χ0n) is 11.5. The van der Waals surface area contributed by atoms with E-state index >= 15 is 0 Å². The van der Waals surface area contributed by atoms with Gasteiger partial charge in [0.25, 0.3) is 10.2 Å². The van der Waals surface area contributed by atoms with E-state index in [0.29, 0.717) is 0 Å². The molecule has 0 saturated carbocycles. The van der Waals surface area contributed by atoms with E-state index in [9.17, 15) is 8.42 Å². The predicted molar refractivity (Wildman–Crippen MR) is 82.3 cm³/mol. The van der Waals surface area contributed by atoms with Crippen molar-refractivity contribution in [2.75, 3.05) is 0 Å². The van der Waals surface area contributed by atoms with Crippen LogP contribution in [0, 0.1) is 0 Å². The van der Waals surface area contributed by atoms with Gasteiger partial charge in [-0.3, -0.25) is 0 Å². The Morgan fingerprint density at radius 1 is 1.11 bits per heavy atom. The Balaban J connectivity index is 2.43. The van der Waals surface area contributed by atoms with E-state index in [1.807, 2.05) is 31.2 Å². The zero-order valence-corrected chi connectivity index (χ0v) is 13.9. The van der Waals surface area contributed by atoms with Crippen LogP contribution in [0.4, 0.5) is 0 Å². The zero-order chi connectivity index (χ0) is 14.5.